The molecule has 0 saturated heterocycles. The molecule has 2 aromatic carbocycles. The number of nitro groups is 1. The van der Waals surface area contributed by atoms with Crippen LogP contribution in [0.2, 0.25) is 0 Å². The lowest BCUT2D eigenvalue weighted by atomic mass is 10.2. The van der Waals surface area contributed by atoms with Gasteiger partial charge in [-0.25, -0.2) is 9.78 Å². The number of anilines is 2. The number of aromatic carboxylic acids is 1. The molecule has 3 rings (SSSR count). The smallest absolute Gasteiger partial charge is 0.373 e. The number of aryl methyl sites for hydroxylation is 1. The molecule has 3 aromatic rings. The molecule has 0 spiro atoms. The molecule has 9 heteroatoms. The Morgan fingerprint density at radius 3 is 2.39 bits per heavy atom. The average Bonchev–Trinajstić information content (AvgIpc) is 2.69. The SMILES string of the molecule is CCc1ccc(Oc2ncnc(Nc3ccc(C(=O)O)cc3)c2[N+](=O)[O-])cc1. The maximum absolute atomic E-state index is 11.6. The van der Waals surface area contributed by atoms with Crippen molar-refractivity contribution in [2.45, 2.75) is 13.3 Å². The molecule has 0 amide bonds. The van der Waals surface area contributed by atoms with Crippen LogP contribution in [-0.2, 0) is 6.42 Å². The van der Waals surface area contributed by atoms with E-state index >= 15 is 0 Å². The summed E-state index contributed by atoms with van der Waals surface area (Å²) in [7, 11) is 0. The van der Waals surface area contributed by atoms with Gasteiger partial charge < -0.3 is 15.2 Å². The number of hydrogen-bond donors (Lipinski definition) is 2. The van der Waals surface area contributed by atoms with Gasteiger partial charge in [0.15, 0.2) is 0 Å². The van der Waals surface area contributed by atoms with Gasteiger partial charge in [-0.05, 0) is 48.4 Å². The van der Waals surface area contributed by atoms with Crippen molar-refractivity contribution in [1.82, 2.24) is 9.97 Å². The second-order valence-electron chi connectivity index (χ2n) is 5.74. The van der Waals surface area contributed by atoms with E-state index in [1.54, 1.807) is 12.1 Å². The topological polar surface area (TPSA) is 127 Å². The first-order valence-corrected chi connectivity index (χ1v) is 8.34. The molecule has 0 saturated carbocycles. The van der Waals surface area contributed by atoms with Gasteiger partial charge in [0, 0.05) is 5.69 Å². The van der Waals surface area contributed by atoms with Crippen molar-refractivity contribution in [2.24, 2.45) is 0 Å². The van der Waals surface area contributed by atoms with Crippen LogP contribution < -0.4 is 10.1 Å². The fraction of sp³-hybridized carbons (Fsp3) is 0.105. The first-order valence-electron chi connectivity index (χ1n) is 8.34. The van der Waals surface area contributed by atoms with Crippen LogP contribution in [0.3, 0.4) is 0 Å². The molecule has 1 aromatic heterocycles. The van der Waals surface area contributed by atoms with Crippen LogP contribution in [0.25, 0.3) is 0 Å². The second-order valence-corrected chi connectivity index (χ2v) is 5.74. The highest BCUT2D eigenvalue weighted by molar-refractivity contribution is 5.88. The Morgan fingerprint density at radius 1 is 1.14 bits per heavy atom. The van der Waals surface area contributed by atoms with Crippen molar-refractivity contribution >= 4 is 23.2 Å². The van der Waals surface area contributed by atoms with Crippen molar-refractivity contribution in [3.63, 3.8) is 0 Å². The third-order valence-corrected chi connectivity index (χ3v) is 3.91. The number of nitrogens with one attached hydrogen (secondary N) is 1. The van der Waals surface area contributed by atoms with Gasteiger partial charge in [-0.3, -0.25) is 10.1 Å². The van der Waals surface area contributed by atoms with Crippen molar-refractivity contribution in [2.75, 3.05) is 5.32 Å². The van der Waals surface area contributed by atoms with Gasteiger partial charge in [0.2, 0.25) is 5.82 Å². The highest BCUT2D eigenvalue weighted by Crippen LogP contribution is 2.35. The van der Waals surface area contributed by atoms with Gasteiger partial charge in [0.05, 0.1) is 10.5 Å². The summed E-state index contributed by atoms with van der Waals surface area (Å²) in [6.45, 7) is 2.02. The number of rotatable bonds is 7. The van der Waals surface area contributed by atoms with E-state index in [-0.39, 0.29) is 17.3 Å². The number of ether oxygens (including phenoxy) is 1. The molecular weight excluding hydrogens is 364 g/mol. The van der Waals surface area contributed by atoms with E-state index in [1.165, 1.54) is 24.3 Å². The molecule has 0 bridgehead atoms. The largest absolute Gasteiger partial charge is 0.478 e. The lowest BCUT2D eigenvalue weighted by Gasteiger charge is -2.10. The molecule has 1 heterocycles. The van der Waals surface area contributed by atoms with Crippen molar-refractivity contribution in [3.05, 3.63) is 76.1 Å². The molecule has 9 nitrogen and oxygen atoms in total. The molecule has 0 unspecified atom stereocenters. The minimum absolute atomic E-state index is 0.0664. The van der Waals surface area contributed by atoms with E-state index in [4.69, 9.17) is 9.84 Å². The van der Waals surface area contributed by atoms with Crippen LogP contribution in [0.4, 0.5) is 17.2 Å². The third kappa shape index (κ3) is 4.21. The lowest BCUT2D eigenvalue weighted by molar-refractivity contribution is -0.385. The number of nitrogens with zero attached hydrogens (tertiary/aromatic N) is 3. The molecule has 0 atom stereocenters. The third-order valence-electron chi connectivity index (χ3n) is 3.91. The maximum Gasteiger partial charge on any atom is 0.373 e. The normalized spacial score (nSPS) is 10.3. The van der Waals surface area contributed by atoms with Gasteiger partial charge >= 0.3 is 17.5 Å². The monoisotopic (exact) mass is 380 g/mol. The summed E-state index contributed by atoms with van der Waals surface area (Å²) in [5.41, 5.74) is 1.22. The van der Waals surface area contributed by atoms with Crippen LogP contribution >= 0.6 is 0 Å². The Balaban J connectivity index is 1.90. The predicted molar refractivity (Wildman–Crippen MR) is 101 cm³/mol. The van der Waals surface area contributed by atoms with Gasteiger partial charge in [-0.2, -0.15) is 4.98 Å². The molecule has 2 N–H and O–H groups in total. The second kappa shape index (κ2) is 8.12. The zero-order valence-electron chi connectivity index (χ0n) is 14.8. The Kier molecular flexibility index (Phi) is 5.45. The molecule has 0 fully saturated rings. The number of carboxylic acids is 1. The minimum atomic E-state index is -1.07. The number of carbonyl (C=O) groups is 1. The highest BCUT2D eigenvalue weighted by Gasteiger charge is 2.25. The summed E-state index contributed by atoms with van der Waals surface area (Å²) >= 11 is 0. The van der Waals surface area contributed by atoms with Crippen LogP contribution in [0.5, 0.6) is 11.6 Å². The number of aromatic nitrogens is 2. The molecule has 142 valence electrons. The Bertz CT molecular complexity index is 1000. The van der Waals surface area contributed by atoms with Crippen molar-refractivity contribution < 1.29 is 19.6 Å². The first kappa shape index (κ1) is 18.8. The van der Waals surface area contributed by atoms with E-state index in [0.29, 0.717) is 11.4 Å². The predicted octanol–water partition coefficient (Wildman–Crippen LogP) is 4.18. The molecule has 0 aliphatic carbocycles. The summed E-state index contributed by atoms with van der Waals surface area (Å²) in [5.74, 6) is -0.919. The summed E-state index contributed by atoms with van der Waals surface area (Å²) in [4.78, 5) is 29.7. The molecule has 28 heavy (non-hydrogen) atoms. The van der Waals surface area contributed by atoms with Gasteiger partial charge in [0.1, 0.15) is 12.1 Å². The Hall–Kier alpha value is -4.01. The first-order chi connectivity index (χ1) is 13.5. The van der Waals surface area contributed by atoms with Crippen molar-refractivity contribution in [3.8, 4) is 11.6 Å². The summed E-state index contributed by atoms with van der Waals surface area (Å²) in [5, 5.41) is 23.3. The number of hydrogen-bond acceptors (Lipinski definition) is 7. The zero-order valence-corrected chi connectivity index (χ0v) is 14.8. The standard InChI is InChI=1S/C19H16N4O5/c1-2-12-3-9-15(10-4-12)28-18-16(23(26)27)17(20-11-21-18)22-14-7-5-13(6-8-14)19(24)25/h3-11H,2H2,1H3,(H,24,25)(H,20,21,22). The lowest BCUT2D eigenvalue weighted by Crippen LogP contribution is -2.04. The molecular formula is C19H16N4O5. The minimum Gasteiger partial charge on any atom is -0.478 e. The fourth-order valence-corrected chi connectivity index (χ4v) is 2.43. The van der Waals surface area contributed by atoms with E-state index in [1.807, 2.05) is 19.1 Å². The van der Waals surface area contributed by atoms with Crippen molar-refractivity contribution in [1.29, 1.82) is 0 Å². The van der Waals surface area contributed by atoms with Crippen LogP contribution in [0.1, 0.15) is 22.8 Å². The Labute approximate surface area is 159 Å². The summed E-state index contributed by atoms with van der Waals surface area (Å²) in [6.07, 6.45) is 2.01. The van der Waals surface area contributed by atoms with Gasteiger partial charge in [-0.15, -0.1) is 0 Å². The van der Waals surface area contributed by atoms with E-state index < -0.39 is 16.6 Å². The van der Waals surface area contributed by atoms with Crippen LogP contribution in [-0.4, -0.2) is 26.0 Å². The maximum atomic E-state index is 11.6. The van der Waals surface area contributed by atoms with Gasteiger partial charge in [-0.1, -0.05) is 19.1 Å². The fourth-order valence-electron chi connectivity index (χ4n) is 2.43. The quantitative estimate of drug-likeness (QED) is 0.461. The van der Waals surface area contributed by atoms with E-state index in [9.17, 15) is 14.9 Å². The van der Waals surface area contributed by atoms with Crippen LogP contribution in [0.15, 0.2) is 54.9 Å². The summed E-state index contributed by atoms with van der Waals surface area (Å²) < 4.78 is 5.59. The van der Waals surface area contributed by atoms with Gasteiger partial charge in [0.25, 0.3) is 0 Å². The molecule has 0 aliphatic heterocycles. The molecule has 0 radical (unpaired) electrons. The number of carboxylic acid groups (broad SMARTS) is 1. The number of benzene rings is 2. The van der Waals surface area contributed by atoms with Crippen LogP contribution in [0, 0.1) is 10.1 Å². The summed E-state index contributed by atoms with van der Waals surface area (Å²) in [6, 6.07) is 12.9. The zero-order chi connectivity index (χ0) is 20.1. The average molecular weight is 380 g/mol. The Morgan fingerprint density at radius 2 is 1.82 bits per heavy atom. The highest BCUT2D eigenvalue weighted by atomic mass is 16.6. The van der Waals surface area contributed by atoms with E-state index in [0.717, 1.165) is 18.3 Å². The van der Waals surface area contributed by atoms with E-state index in [2.05, 4.69) is 15.3 Å². The molecule has 0 aliphatic rings.